The fraction of sp³-hybridized carbons (Fsp3) is 0.375. The van der Waals surface area contributed by atoms with Gasteiger partial charge < -0.3 is 4.90 Å². The largest absolute Gasteiger partial charge is 0.335 e. The van der Waals surface area contributed by atoms with Crippen LogP contribution < -0.4 is 0 Å². The van der Waals surface area contributed by atoms with Crippen LogP contribution in [0.3, 0.4) is 0 Å². The molecule has 1 atom stereocenters. The third-order valence-corrected chi connectivity index (χ3v) is 4.04. The van der Waals surface area contributed by atoms with Crippen molar-refractivity contribution < 1.29 is 14.0 Å². The molecular formula is C16H17FN4O2. The molecule has 0 unspecified atom stereocenters. The van der Waals surface area contributed by atoms with E-state index in [1.54, 1.807) is 22.8 Å². The molecule has 0 N–H and O–H groups in total. The van der Waals surface area contributed by atoms with Gasteiger partial charge in [-0.3, -0.25) is 19.3 Å². The molecule has 0 aromatic carbocycles. The van der Waals surface area contributed by atoms with Crippen LogP contribution >= 0.6 is 0 Å². The predicted octanol–water partition coefficient (Wildman–Crippen LogP) is 1.83. The Morgan fingerprint density at radius 3 is 2.83 bits per heavy atom. The van der Waals surface area contributed by atoms with E-state index < -0.39 is 5.82 Å². The van der Waals surface area contributed by atoms with Crippen LogP contribution in [0.25, 0.3) is 0 Å². The normalized spacial score (nSPS) is 17.5. The zero-order chi connectivity index (χ0) is 16.4. The Labute approximate surface area is 132 Å². The third-order valence-electron chi connectivity index (χ3n) is 4.04. The summed E-state index contributed by atoms with van der Waals surface area (Å²) in [4.78, 5) is 30.2. The Kier molecular flexibility index (Phi) is 4.18. The zero-order valence-electron chi connectivity index (χ0n) is 12.8. The topological polar surface area (TPSA) is 68.1 Å². The van der Waals surface area contributed by atoms with Crippen LogP contribution in [0.5, 0.6) is 0 Å². The number of halogens is 1. The summed E-state index contributed by atoms with van der Waals surface area (Å²) in [6, 6.07) is 1.01. The molecule has 0 bridgehead atoms. The van der Waals surface area contributed by atoms with Crippen LogP contribution in [-0.4, -0.2) is 43.9 Å². The first-order valence-electron chi connectivity index (χ1n) is 7.48. The minimum absolute atomic E-state index is 0.0415. The maximum atomic E-state index is 13.2. The maximum absolute atomic E-state index is 13.2. The van der Waals surface area contributed by atoms with Crippen LogP contribution in [0.4, 0.5) is 4.39 Å². The molecule has 120 valence electrons. The van der Waals surface area contributed by atoms with Crippen LogP contribution in [0.15, 0.2) is 30.9 Å². The number of aryl methyl sites for hydroxylation is 1. The van der Waals surface area contributed by atoms with E-state index in [1.807, 2.05) is 0 Å². The molecule has 2 aromatic rings. The molecule has 1 saturated heterocycles. The zero-order valence-corrected chi connectivity index (χ0v) is 12.8. The number of aromatic nitrogens is 3. The van der Waals surface area contributed by atoms with Gasteiger partial charge in [-0.2, -0.15) is 5.10 Å². The summed E-state index contributed by atoms with van der Waals surface area (Å²) >= 11 is 0. The average Bonchev–Trinajstić information content (AvgIpc) is 3.15. The van der Waals surface area contributed by atoms with Gasteiger partial charge in [-0.15, -0.1) is 0 Å². The van der Waals surface area contributed by atoms with Gasteiger partial charge in [0.1, 0.15) is 5.82 Å². The van der Waals surface area contributed by atoms with Gasteiger partial charge in [-0.25, -0.2) is 4.39 Å². The summed E-state index contributed by atoms with van der Waals surface area (Å²) in [6.45, 7) is 0.570. The van der Waals surface area contributed by atoms with Crippen LogP contribution in [0.2, 0.25) is 0 Å². The molecule has 3 heterocycles. The minimum atomic E-state index is -0.543. The van der Waals surface area contributed by atoms with Gasteiger partial charge >= 0.3 is 0 Å². The quantitative estimate of drug-likeness (QED) is 0.807. The van der Waals surface area contributed by atoms with Crippen molar-refractivity contribution in [3.8, 4) is 0 Å². The molecule has 3 rings (SSSR count). The van der Waals surface area contributed by atoms with Crippen molar-refractivity contribution in [1.82, 2.24) is 19.7 Å². The second kappa shape index (κ2) is 6.28. The number of carbonyl (C=O) groups excluding carboxylic acids is 2. The second-order valence-corrected chi connectivity index (χ2v) is 5.72. The van der Waals surface area contributed by atoms with Gasteiger partial charge in [-0.1, -0.05) is 0 Å². The smallest absolute Gasteiger partial charge is 0.255 e. The lowest BCUT2D eigenvalue weighted by Gasteiger charge is -2.24. The van der Waals surface area contributed by atoms with Crippen LogP contribution in [-0.2, 0) is 7.05 Å². The van der Waals surface area contributed by atoms with E-state index in [0.717, 1.165) is 19.0 Å². The molecule has 0 radical (unpaired) electrons. The molecule has 2 aromatic heterocycles. The number of likely N-dealkylation sites (tertiary alicyclic amines) is 1. The molecule has 23 heavy (non-hydrogen) atoms. The average molecular weight is 316 g/mol. The van der Waals surface area contributed by atoms with Crippen LogP contribution in [0, 0.1) is 5.82 Å². The Bertz CT molecular complexity index is 743. The van der Waals surface area contributed by atoms with Crippen molar-refractivity contribution in [3.05, 3.63) is 47.8 Å². The summed E-state index contributed by atoms with van der Waals surface area (Å²) in [6.07, 6.45) is 7.45. The Morgan fingerprint density at radius 2 is 2.13 bits per heavy atom. The Morgan fingerprint density at radius 1 is 1.30 bits per heavy atom. The highest BCUT2D eigenvalue weighted by atomic mass is 19.1. The van der Waals surface area contributed by atoms with E-state index in [0.29, 0.717) is 12.1 Å². The van der Waals surface area contributed by atoms with Gasteiger partial charge in [0.15, 0.2) is 5.78 Å². The lowest BCUT2D eigenvalue weighted by Crippen LogP contribution is -2.37. The van der Waals surface area contributed by atoms with E-state index in [2.05, 4.69) is 10.1 Å². The molecule has 0 spiro atoms. The Hall–Kier alpha value is -2.57. The highest BCUT2D eigenvalue weighted by Crippen LogP contribution is 2.24. The van der Waals surface area contributed by atoms with Crippen molar-refractivity contribution in [3.63, 3.8) is 0 Å². The van der Waals surface area contributed by atoms with Crippen molar-refractivity contribution in [2.45, 2.75) is 25.3 Å². The molecule has 0 saturated carbocycles. The molecule has 1 amide bonds. The number of hydrogen-bond acceptors (Lipinski definition) is 4. The van der Waals surface area contributed by atoms with Crippen LogP contribution in [0.1, 0.15) is 40.0 Å². The number of hydrogen-bond donors (Lipinski definition) is 0. The number of amides is 1. The molecule has 0 aliphatic carbocycles. The summed E-state index contributed by atoms with van der Waals surface area (Å²) in [5.41, 5.74) is 0.755. The number of pyridine rings is 1. The molecular weight excluding hydrogens is 299 g/mol. The fourth-order valence-electron chi connectivity index (χ4n) is 2.91. The standard InChI is InChI=1S/C16H17FN4O2/c1-20-10-12(8-19-20)15(22)6-14-3-2-4-21(14)16(23)11-5-13(17)9-18-7-11/h5,7-10,14H,2-4,6H2,1H3/t14-/m1/s1. The molecule has 6 nitrogen and oxygen atoms in total. The van der Waals surface area contributed by atoms with E-state index >= 15 is 0 Å². The van der Waals surface area contributed by atoms with E-state index in [9.17, 15) is 14.0 Å². The SMILES string of the molecule is Cn1cc(C(=O)C[C@H]2CCCN2C(=O)c2cncc(F)c2)cn1. The number of ketones is 1. The van der Waals surface area contributed by atoms with Gasteiger partial charge in [0.05, 0.1) is 23.5 Å². The number of rotatable bonds is 4. The first-order valence-corrected chi connectivity index (χ1v) is 7.48. The number of nitrogens with zero attached hydrogens (tertiary/aromatic N) is 4. The van der Waals surface area contributed by atoms with Crippen molar-refractivity contribution in [2.75, 3.05) is 6.54 Å². The summed E-state index contributed by atoms with van der Waals surface area (Å²) in [5.74, 6) is -0.864. The lowest BCUT2D eigenvalue weighted by molar-refractivity contribution is 0.0716. The van der Waals surface area contributed by atoms with E-state index in [-0.39, 0.29) is 29.7 Å². The monoisotopic (exact) mass is 316 g/mol. The van der Waals surface area contributed by atoms with Crippen molar-refractivity contribution in [1.29, 1.82) is 0 Å². The van der Waals surface area contributed by atoms with Gasteiger partial charge in [0.25, 0.3) is 5.91 Å². The minimum Gasteiger partial charge on any atom is -0.335 e. The first kappa shape index (κ1) is 15.3. The molecule has 1 aliphatic rings. The number of carbonyl (C=O) groups is 2. The second-order valence-electron chi connectivity index (χ2n) is 5.72. The predicted molar refractivity (Wildman–Crippen MR) is 80.4 cm³/mol. The third kappa shape index (κ3) is 3.28. The van der Waals surface area contributed by atoms with Gasteiger partial charge in [0, 0.05) is 38.4 Å². The van der Waals surface area contributed by atoms with E-state index in [1.165, 1.54) is 18.5 Å². The molecule has 7 heteroatoms. The number of Topliss-reactive ketones (excluding diaryl/α,β-unsaturated/α-hetero) is 1. The lowest BCUT2D eigenvalue weighted by atomic mass is 10.0. The summed E-state index contributed by atoms with van der Waals surface area (Å²) in [5, 5.41) is 3.99. The van der Waals surface area contributed by atoms with Crippen molar-refractivity contribution in [2.24, 2.45) is 7.05 Å². The van der Waals surface area contributed by atoms with Gasteiger partial charge in [0.2, 0.25) is 0 Å². The van der Waals surface area contributed by atoms with E-state index in [4.69, 9.17) is 0 Å². The molecule has 1 fully saturated rings. The highest BCUT2D eigenvalue weighted by Gasteiger charge is 2.31. The fourth-order valence-corrected chi connectivity index (χ4v) is 2.91. The summed E-state index contributed by atoms with van der Waals surface area (Å²) < 4.78 is 14.8. The maximum Gasteiger partial charge on any atom is 0.255 e. The Balaban J connectivity index is 1.72. The first-order chi connectivity index (χ1) is 11.0. The molecule has 1 aliphatic heterocycles. The highest BCUT2D eigenvalue weighted by molar-refractivity contribution is 5.97. The van der Waals surface area contributed by atoms with Gasteiger partial charge in [-0.05, 0) is 18.9 Å². The van der Waals surface area contributed by atoms with Crippen molar-refractivity contribution >= 4 is 11.7 Å². The summed E-state index contributed by atoms with van der Waals surface area (Å²) in [7, 11) is 1.75.